The van der Waals surface area contributed by atoms with Gasteiger partial charge in [-0.1, -0.05) is 0 Å². The van der Waals surface area contributed by atoms with E-state index in [1.54, 1.807) is 18.2 Å². The van der Waals surface area contributed by atoms with Gasteiger partial charge in [-0.15, -0.1) is 0 Å². The number of aryl methyl sites for hydroxylation is 1. The van der Waals surface area contributed by atoms with Gasteiger partial charge in [0.2, 0.25) is 0 Å². The van der Waals surface area contributed by atoms with Crippen LogP contribution in [0.15, 0.2) is 30.5 Å². The van der Waals surface area contributed by atoms with Gasteiger partial charge in [-0.25, -0.2) is 9.78 Å². The Bertz CT molecular complexity index is 1090. The van der Waals surface area contributed by atoms with Crippen molar-refractivity contribution in [3.8, 4) is 16.9 Å². The number of nitrogen functional groups attached to an aromatic ring is 1. The van der Waals surface area contributed by atoms with Gasteiger partial charge in [0.25, 0.3) is 5.91 Å². The first-order chi connectivity index (χ1) is 12.8. The maximum absolute atomic E-state index is 11.6. The average Bonchev–Trinajstić information content (AvgIpc) is 2.95. The van der Waals surface area contributed by atoms with Crippen LogP contribution >= 0.6 is 0 Å². The Kier molecular flexibility index (Phi) is 4.51. The van der Waals surface area contributed by atoms with Crippen molar-refractivity contribution in [2.75, 3.05) is 12.3 Å². The quantitative estimate of drug-likeness (QED) is 0.482. The van der Waals surface area contributed by atoms with E-state index >= 15 is 0 Å². The lowest BCUT2D eigenvalue weighted by Crippen LogP contribution is -2.15. The molecular formula is C18H17N5O4. The van der Waals surface area contributed by atoms with Crippen LogP contribution in [0, 0.1) is 5.41 Å². The molecule has 0 aliphatic heterocycles. The maximum atomic E-state index is 11.6. The normalized spacial score (nSPS) is 10.7. The van der Waals surface area contributed by atoms with Gasteiger partial charge >= 0.3 is 5.97 Å². The van der Waals surface area contributed by atoms with Crippen LogP contribution in [0.1, 0.15) is 16.1 Å². The first-order valence-corrected chi connectivity index (χ1v) is 7.86. The minimum Gasteiger partial charge on any atom is -0.482 e. The van der Waals surface area contributed by atoms with Crippen molar-refractivity contribution in [2.24, 2.45) is 12.8 Å². The Morgan fingerprint density at radius 3 is 2.70 bits per heavy atom. The number of carbonyl (C=O) groups excluding carboxylic acids is 1. The molecule has 3 rings (SSSR count). The molecule has 27 heavy (non-hydrogen) atoms. The molecule has 0 atom stereocenters. The summed E-state index contributed by atoms with van der Waals surface area (Å²) in [5.74, 6) is -1.41. The predicted molar refractivity (Wildman–Crippen MR) is 100 cm³/mol. The third-order valence-corrected chi connectivity index (χ3v) is 4.10. The zero-order chi connectivity index (χ0) is 19.7. The number of nitrogens with one attached hydrogen (secondary N) is 1. The van der Waals surface area contributed by atoms with E-state index in [1.807, 2.05) is 17.8 Å². The number of fused-ring (bicyclic) bond motifs is 1. The molecule has 6 N–H and O–H groups in total. The number of aromatic nitrogens is 2. The highest BCUT2D eigenvalue weighted by molar-refractivity contribution is 6.05. The summed E-state index contributed by atoms with van der Waals surface area (Å²) in [6.45, 7) is -0.465. The van der Waals surface area contributed by atoms with Crippen molar-refractivity contribution in [3.63, 3.8) is 0 Å². The van der Waals surface area contributed by atoms with Crippen LogP contribution in [0.2, 0.25) is 0 Å². The minimum atomic E-state index is -1.08. The number of primary amides is 1. The van der Waals surface area contributed by atoms with Gasteiger partial charge in [-0.05, 0) is 29.8 Å². The maximum Gasteiger partial charge on any atom is 0.341 e. The number of pyridine rings is 1. The summed E-state index contributed by atoms with van der Waals surface area (Å²) in [7, 11) is 1.84. The molecule has 0 aliphatic carbocycles. The van der Waals surface area contributed by atoms with Gasteiger partial charge in [-0.3, -0.25) is 4.79 Å². The van der Waals surface area contributed by atoms with Gasteiger partial charge in [0.15, 0.2) is 6.61 Å². The van der Waals surface area contributed by atoms with E-state index < -0.39 is 18.5 Å². The van der Waals surface area contributed by atoms with Crippen molar-refractivity contribution < 1.29 is 19.4 Å². The molecule has 0 saturated carbocycles. The molecule has 0 saturated heterocycles. The number of carboxylic acid groups (broad SMARTS) is 1. The summed E-state index contributed by atoms with van der Waals surface area (Å²) in [6, 6.07) is 6.64. The number of carbonyl (C=O) groups is 2. The van der Waals surface area contributed by atoms with Crippen LogP contribution in [0.3, 0.4) is 0 Å². The topological polar surface area (TPSA) is 157 Å². The summed E-state index contributed by atoms with van der Waals surface area (Å²) < 4.78 is 7.11. The lowest BCUT2D eigenvalue weighted by atomic mass is 9.99. The second kappa shape index (κ2) is 6.79. The highest BCUT2D eigenvalue weighted by Gasteiger charge is 2.18. The molecule has 0 unspecified atom stereocenters. The Labute approximate surface area is 153 Å². The lowest BCUT2D eigenvalue weighted by Gasteiger charge is -2.10. The van der Waals surface area contributed by atoms with Crippen molar-refractivity contribution in [1.82, 2.24) is 9.55 Å². The van der Waals surface area contributed by atoms with Crippen LogP contribution in [-0.4, -0.2) is 39.4 Å². The molecule has 0 aliphatic rings. The van der Waals surface area contributed by atoms with Crippen LogP contribution in [-0.2, 0) is 11.8 Å². The van der Waals surface area contributed by atoms with E-state index in [2.05, 4.69) is 4.98 Å². The zero-order valence-corrected chi connectivity index (χ0v) is 14.4. The summed E-state index contributed by atoms with van der Waals surface area (Å²) in [5.41, 5.74) is 13.6. The molecule has 1 aromatic carbocycles. The van der Waals surface area contributed by atoms with Crippen LogP contribution in [0.4, 0.5) is 5.82 Å². The van der Waals surface area contributed by atoms with Gasteiger partial charge in [0.1, 0.15) is 17.3 Å². The van der Waals surface area contributed by atoms with Gasteiger partial charge in [-0.2, -0.15) is 0 Å². The summed E-state index contributed by atoms with van der Waals surface area (Å²) in [5, 5.41) is 17.2. The number of carboxylic acids is 1. The molecule has 9 heteroatoms. The average molecular weight is 367 g/mol. The zero-order valence-electron chi connectivity index (χ0n) is 14.4. The second-order valence-electron chi connectivity index (χ2n) is 5.88. The number of anilines is 1. The number of hydrogen-bond donors (Lipinski definition) is 4. The molecular weight excluding hydrogens is 350 g/mol. The number of amides is 1. The largest absolute Gasteiger partial charge is 0.482 e. The molecule has 2 heterocycles. The monoisotopic (exact) mass is 367 g/mol. The molecule has 9 nitrogen and oxygen atoms in total. The molecule has 0 radical (unpaired) electrons. The molecule has 3 aromatic rings. The third kappa shape index (κ3) is 3.30. The van der Waals surface area contributed by atoms with E-state index in [1.165, 1.54) is 6.07 Å². The van der Waals surface area contributed by atoms with E-state index in [4.69, 9.17) is 26.7 Å². The van der Waals surface area contributed by atoms with E-state index in [-0.39, 0.29) is 11.5 Å². The number of nitrogens with zero attached hydrogens (tertiary/aromatic N) is 2. The van der Waals surface area contributed by atoms with Crippen LogP contribution in [0.5, 0.6) is 5.75 Å². The Balaban J connectivity index is 2.24. The number of ether oxygens (including phenoxy) is 1. The fourth-order valence-corrected chi connectivity index (χ4v) is 2.90. The van der Waals surface area contributed by atoms with E-state index in [0.29, 0.717) is 22.4 Å². The number of hydrogen-bond acceptors (Lipinski definition) is 6. The van der Waals surface area contributed by atoms with E-state index in [9.17, 15) is 9.59 Å². The van der Waals surface area contributed by atoms with Crippen LogP contribution in [0.25, 0.3) is 22.0 Å². The summed E-state index contributed by atoms with van der Waals surface area (Å²) in [6.07, 6.45) is 2.88. The predicted octanol–water partition coefficient (Wildman–Crippen LogP) is 1.38. The first-order valence-electron chi connectivity index (χ1n) is 7.86. The van der Waals surface area contributed by atoms with Gasteiger partial charge in [0, 0.05) is 41.5 Å². The third-order valence-electron chi connectivity index (χ3n) is 4.10. The number of nitrogens with two attached hydrogens (primary N) is 2. The smallest absolute Gasteiger partial charge is 0.341 e. The fraction of sp³-hybridized carbons (Fsp3) is 0.111. The minimum absolute atomic E-state index is 0.0108. The number of aliphatic carboxylic acids is 1. The van der Waals surface area contributed by atoms with E-state index in [0.717, 1.165) is 17.1 Å². The fourth-order valence-electron chi connectivity index (χ4n) is 2.90. The molecule has 1 amide bonds. The highest BCUT2D eigenvalue weighted by Crippen LogP contribution is 2.35. The molecule has 2 aromatic heterocycles. The second-order valence-corrected chi connectivity index (χ2v) is 5.88. The molecule has 0 spiro atoms. The van der Waals surface area contributed by atoms with Gasteiger partial charge < -0.3 is 31.3 Å². The summed E-state index contributed by atoms with van der Waals surface area (Å²) >= 11 is 0. The Morgan fingerprint density at radius 2 is 2.07 bits per heavy atom. The first kappa shape index (κ1) is 17.9. The molecule has 0 fully saturated rings. The van der Waals surface area contributed by atoms with Crippen molar-refractivity contribution in [1.29, 1.82) is 5.41 Å². The molecule has 0 bridgehead atoms. The number of rotatable bonds is 6. The van der Waals surface area contributed by atoms with Crippen molar-refractivity contribution in [3.05, 3.63) is 41.7 Å². The Morgan fingerprint density at radius 1 is 1.33 bits per heavy atom. The van der Waals surface area contributed by atoms with Gasteiger partial charge in [0.05, 0.1) is 0 Å². The Hall–Kier alpha value is -3.88. The number of benzene rings is 1. The van der Waals surface area contributed by atoms with Crippen molar-refractivity contribution >= 4 is 34.8 Å². The highest BCUT2D eigenvalue weighted by atomic mass is 16.5. The standard InChI is InChI=1S/C18H17N5O4/c1-23-7-13(10-5-14(18(21)26)22-17(20)12(10)6-19)11-4-9(2-3-15(11)23)27-8-16(24)25/h2-7,19H,8H2,1H3,(H2,20,22)(H2,21,26)(H,24,25). The van der Waals surface area contributed by atoms with Crippen molar-refractivity contribution in [2.45, 2.75) is 0 Å². The SMILES string of the molecule is Cn1cc(-c2cc(C(N)=O)nc(N)c2C=N)c2cc(OCC(=O)O)ccc21. The lowest BCUT2D eigenvalue weighted by molar-refractivity contribution is -0.139. The molecule has 138 valence electrons. The van der Waals surface area contributed by atoms with Crippen LogP contribution < -0.4 is 16.2 Å². The summed E-state index contributed by atoms with van der Waals surface area (Å²) in [4.78, 5) is 26.2.